The number of nitrogens with one attached hydrogen (secondary N) is 1. The maximum absolute atomic E-state index is 12.2. The SMILES string of the molecule is CC(Oc1ccc(OCc2ccccc2)cc1)C(=O)N/N=C/c1cc(Cl)ccc1[N+](=O)[O-]. The van der Waals surface area contributed by atoms with Crippen molar-refractivity contribution in [2.75, 3.05) is 0 Å². The second-order valence-corrected chi connectivity index (χ2v) is 7.14. The Labute approximate surface area is 189 Å². The summed E-state index contributed by atoms with van der Waals surface area (Å²) in [5.74, 6) is 0.635. The molecule has 3 aromatic carbocycles. The van der Waals surface area contributed by atoms with Gasteiger partial charge in [0.15, 0.2) is 6.10 Å². The molecule has 0 aliphatic rings. The van der Waals surface area contributed by atoms with Gasteiger partial charge in [-0.3, -0.25) is 14.9 Å². The quantitative estimate of drug-likeness (QED) is 0.286. The summed E-state index contributed by atoms with van der Waals surface area (Å²) in [5, 5.41) is 15.1. The first kappa shape index (κ1) is 22.8. The number of nitro benzene ring substituents is 1. The highest BCUT2D eigenvalue weighted by atomic mass is 35.5. The lowest BCUT2D eigenvalue weighted by Gasteiger charge is -2.13. The van der Waals surface area contributed by atoms with E-state index < -0.39 is 16.9 Å². The van der Waals surface area contributed by atoms with Crippen LogP contribution in [0.1, 0.15) is 18.1 Å². The third kappa shape index (κ3) is 6.55. The number of halogens is 1. The molecule has 32 heavy (non-hydrogen) atoms. The van der Waals surface area contributed by atoms with Crippen LogP contribution >= 0.6 is 11.6 Å². The average molecular weight is 454 g/mol. The minimum Gasteiger partial charge on any atom is -0.489 e. The maximum atomic E-state index is 12.2. The summed E-state index contributed by atoms with van der Waals surface area (Å²) in [7, 11) is 0. The molecule has 1 N–H and O–H groups in total. The zero-order chi connectivity index (χ0) is 22.9. The number of carbonyl (C=O) groups excluding carboxylic acids is 1. The highest BCUT2D eigenvalue weighted by Crippen LogP contribution is 2.21. The molecule has 1 amide bonds. The van der Waals surface area contributed by atoms with E-state index in [-0.39, 0.29) is 11.3 Å². The van der Waals surface area contributed by atoms with E-state index in [1.54, 1.807) is 31.2 Å². The van der Waals surface area contributed by atoms with Crippen LogP contribution in [0.3, 0.4) is 0 Å². The van der Waals surface area contributed by atoms with Crippen LogP contribution in [0, 0.1) is 10.1 Å². The summed E-state index contributed by atoms with van der Waals surface area (Å²) < 4.78 is 11.3. The molecule has 0 radical (unpaired) electrons. The number of ether oxygens (including phenoxy) is 2. The molecule has 0 fully saturated rings. The Morgan fingerprint density at radius 3 is 2.50 bits per heavy atom. The average Bonchev–Trinajstić information content (AvgIpc) is 2.79. The van der Waals surface area contributed by atoms with E-state index in [0.29, 0.717) is 23.1 Å². The van der Waals surface area contributed by atoms with E-state index in [0.717, 1.165) is 11.8 Å². The topological polar surface area (TPSA) is 103 Å². The lowest BCUT2D eigenvalue weighted by atomic mass is 10.2. The van der Waals surface area contributed by atoms with Gasteiger partial charge in [-0.2, -0.15) is 5.10 Å². The molecule has 1 unspecified atom stereocenters. The maximum Gasteiger partial charge on any atom is 0.280 e. The van der Waals surface area contributed by atoms with E-state index in [1.807, 2.05) is 30.3 Å². The van der Waals surface area contributed by atoms with Gasteiger partial charge in [0.05, 0.1) is 16.7 Å². The fourth-order valence-corrected chi connectivity index (χ4v) is 2.84. The number of nitrogens with zero attached hydrogens (tertiary/aromatic N) is 2. The van der Waals surface area contributed by atoms with Gasteiger partial charge in [0, 0.05) is 11.1 Å². The normalized spacial score (nSPS) is 11.7. The van der Waals surface area contributed by atoms with Crippen molar-refractivity contribution >= 4 is 29.4 Å². The number of hydrogen-bond donors (Lipinski definition) is 1. The molecule has 3 aromatic rings. The van der Waals surface area contributed by atoms with Crippen molar-refractivity contribution in [2.45, 2.75) is 19.6 Å². The first-order chi connectivity index (χ1) is 15.4. The second kappa shape index (κ2) is 10.9. The second-order valence-electron chi connectivity index (χ2n) is 6.70. The molecule has 0 bridgehead atoms. The lowest BCUT2D eigenvalue weighted by Crippen LogP contribution is -2.33. The first-order valence-corrected chi connectivity index (χ1v) is 10.0. The van der Waals surface area contributed by atoms with Crippen molar-refractivity contribution in [3.8, 4) is 11.5 Å². The molecular weight excluding hydrogens is 434 g/mol. The molecular formula is C23H20ClN3O5. The Morgan fingerprint density at radius 1 is 1.12 bits per heavy atom. The molecule has 0 spiro atoms. The van der Waals surface area contributed by atoms with Crippen molar-refractivity contribution in [3.63, 3.8) is 0 Å². The summed E-state index contributed by atoms with van der Waals surface area (Å²) in [4.78, 5) is 22.7. The van der Waals surface area contributed by atoms with Crippen LogP contribution in [0.25, 0.3) is 0 Å². The summed E-state index contributed by atoms with van der Waals surface area (Å²) in [6.45, 7) is 2.01. The molecule has 3 rings (SSSR count). The van der Waals surface area contributed by atoms with Crippen LogP contribution < -0.4 is 14.9 Å². The Balaban J connectivity index is 1.51. The van der Waals surface area contributed by atoms with E-state index in [4.69, 9.17) is 21.1 Å². The third-order valence-electron chi connectivity index (χ3n) is 4.32. The molecule has 8 nitrogen and oxygen atoms in total. The lowest BCUT2D eigenvalue weighted by molar-refractivity contribution is -0.385. The number of hydrazone groups is 1. The van der Waals surface area contributed by atoms with Crippen LogP contribution in [-0.2, 0) is 11.4 Å². The van der Waals surface area contributed by atoms with Crippen molar-refractivity contribution in [1.82, 2.24) is 5.43 Å². The van der Waals surface area contributed by atoms with E-state index in [9.17, 15) is 14.9 Å². The fraction of sp³-hybridized carbons (Fsp3) is 0.130. The molecule has 0 aliphatic carbocycles. The predicted octanol–water partition coefficient (Wildman–Crippen LogP) is 4.74. The van der Waals surface area contributed by atoms with Gasteiger partial charge in [-0.25, -0.2) is 5.43 Å². The number of rotatable bonds is 9. The van der Waals surface area contributed by atoms with Crippen molar-refractivity contribution in [3.05, 3.63) is 99.1 Å². The number of nitro groups is 1. The predicted molar refractivity (Wildman–Crippen MR) is 121 cm³/mol. The summed E-state index contributed by atoms with van der Waals surface area (Å²) >= 11 is 5.87. The van der Waals surface area contributed by atoms with Gasteiger partial charge < -0.3 is 9.47 Å². The molecule has 0 aromatic heterocycles. The molecule has 164 valence electrons. The van der Waals surface area contributed by atoms with E-state index in [2.05, 4.69) is 10.5 Å². The Bertz CT molecular complexity index is 1100. The van der Waals surface area contributed by atoms with Crippen LogP contribution in [0.5, 0.6) is 11.5 Å². The number of hydrogen-bond acceptors (Lipinski definition) is 6. The van der Waals surface area contributed by atoms with Gasteiger partial charge in [0.25, 0.3) is 11.6 Å². The highest BCUT2D eigenvalue weighted by Gasteiger charge is 2.15. The Kier molecular flexibility index (Phi) is 7.77. The number of carbonyl (C=O) groups is 1. The van der Waals surface area contributed by atoms with Gasteiger partial charge in [0.1, 0.15) is 18.1 Å². The zero-order valence-electron chi connectivity index (χ0n) is 17.1. The van der Waals surface area contributed by atoms with Crippen LogP contribution in [-0.4, -0.2) is 23.1 Å². The number of amides is 1. The van der Waals surface area contributed by atoms with Gasteiger partial charge >= 0.3 is 0 Å². The van der Waals surface area contributed by atoms with Crippen molar-refractivity contribution in [2.24, 2.45) is 5.10 Å². The minimum absolute atomic E-state index is 0.169. The van der Waals surface area contributed by atoms with Gasteiger partial charge in [-0.1, -0.05) is 41.9 Å². The minimum atomic E-state index is -0.849. The summed E-state index contributed by atoms with van der Waals surface area (Å²) in [5.41, 5.74) is 3.35. The Morgan fingerprint density at radius 2 is 1.81 bits per heavy atom. The van der Waals surface area contributed by atoms with Gasteiger partial charge in [0.2, 0.25) is 0 Å². The smallest absolute Gasteiger partial charge is 0.280 e. The van der Waals surface area contributed by atoms with Crippen molar-refractivity contribution in [1.29, 1.82) is 0 Å². The van der Waals surface area contributed by atoms with Crippen molar-refractivity contribution < 1.29 is 19.2 Å². The monoisotopic (exact) mass is 453 g/mol. The largest absolute Gasteiger partial charge is 0.489 e. The van der Waals surface area contributed by atoms with Crippen LogP contribution in [0.2, 0.25) is 5.02 Å². The third-order valence-corrected chi connectivity index (χ3v) is 4.55. The van der Waals surface area contributed by atoms with Crippen LogP contribution in [0.4, 0.5) is 5.69 Å². The number of benzene rings is 3. The standard InChI is InChI=1S/C23H20ClN3O5/c1-16(23(28)26-25-14-18-13-19(24)7-12-22(18)27(29)30)32-21-10-8-20(9-11-21)31-15-17-5-3-2-4-6-17/h2-14,16H,15H2,1H3,(H,26,28)/b25-14+. The van der Waals surface area contributed by atoms with Gasteiger partial charge in [-0.05, 0) is 48.9 Å². The van der Waals surface area contributed by atoms with Gasteiger partial charge in [-0.15, -0.1) is 0 Å². The molecule has 9 heteroatoms. The first-order valence-electron chi connectivity index (χ1n) is 9.62. The summed E-state index contributed by atoms with van der Waals surface area (Å²) in [6, 6.07) is 20.7. The van der Waals surface area contributed by atoms with Crippen LogP contribution in [0.15, 0.2) is 77.9 Å². The Hall–Kier alpha value is -3.91. The molecule has 0 saturated heterocycles. The molecule has 0 aliphatic heterocycles. The molecule has 0 saturated carbocycles. The summed E-state index contributed by atoms with van der Waals surface area (Å²) in [6.07, 6.45) is 0.311. The highest BCUT2D eigenvalue weighted by molar-refractivity contribution is 6.31. The fourth-order valence-electron chi connectivity index (χ4n) is 2.66. The zero-order valence-corrected chi connectivity index (χ0v) is 17.9. The van der Waals surface area contributed by atoms with E-state index >= 15 is 0 Å². The molecule has 0 heterocycles. The molecule has 1 atom stereocenters. The van der Waals surface area contributed by atoms with E-state index in [1.165, 1.54) is 18.2 Å².